The molecule has 0 aliphatic carbocycles. The molecule has 1 unspecified atom stereocenters. The van der Waals surface area contributed by atoms with Gasteiger partial charge >= 0.3 is 6.18 Å². The Morgan fingerprint density at radius 1 is 1.00 bits per heavy atom. The van der Waals surface area contributed by atoms with Gasteiger partial charge in [-0.25, -0.2) is 23.1 Å². The molecule has 0 radical (unpaired) electrons. The average molecular weight is 433 g/mol. The summed E-state index contributed by atoms with van der Waals surface area (Å²) in [5.41, 5.74) is -1.26. The third-order valence-electron chi connectivity index (χ3n) is 3.86. The van der Waals surface area contributed by atoms with Gasteiger partial charge in [0.15, 0.2) is 5.82 Å². The van der Waals surface area contributed by atoms with Crippen LogP contribution < -0.4 is 5.32 Å². The third-order valence-corrected chi connectivity index (χ3v) is 4.13. The Morgan fingerprint density at radius 2 is 1.66 bits per heavy atom. The van der Waals surface area contributed by atoms with Gasteiger partial charge in [0, 0.05) is 18.3 Å². The molecule has 0 aliphatic rings. The van der Waals surface area contributed by atoms with Crippen LogP contribution in [0.5, 0.6) is 0 Å². The van der Waals surface area contributed by atoms with Gasteiger partial charge < -0.3 is 5.32 Å². The van der Waals surface area contributed by atoms with Gasteiger partial charge in [0.25, 0.3) is 0 Å². The summed E-state index contributed by atoms with van der Waals surface area (Å²) in [5.74, 6) is -4.70. The minimum absolute atomic E-state index is 0.167. The molecule has 0 saturated carbocycles. The summed E-state index contributed by atoms with van der Waals surface area (Å²) in [6.07, 6.45) is -3.30. The highest BCUT2D eigenvalue weighted by Crippen LogP contribution is 2.38. The maximum Gasteiger partial charge on any atom is 0.408 e. The molecule has 152 valence electrons. The molecule has 0 aliphatic heterocycles. The van der Waals surface area contributed by atoms with Crippen LogP contribution in [0.3, 0.4) is 0 Å². The number of benzene rings is 1. The van der Waals surface area contributed by atoms with Crippen LogP contribution in [0.15, 0.2) is 36.5 Å². The van der Waals surface area contributed by atoms with Crippen molar-refractivity contribution in [2.24, 2.45) is 0 Å². The first-order valence-corrected chi connectivity index (χ1v) is 8.43. The number of hydrogen-bond acceptors (Lipinski definition) is 4. The number of anilines is 1. The molecule has 1 N–H and O–H groups in total. The Balaban J connectivity index is 2.25. The molecule has 29 heavy (non-hydrogen) atoms. The van der Waals surface area contributed by atoms with Crippen LogP contribution in [0.2, 0.25) is 5.15 Å². The molecule has 2 heterocycles. The first-order valence-electron chi connectivity index (χ1n) is 8.05. The second-order valence-corrected chi connectivity index (χ2v) is 6.29. The lowest BCUT2D eigenvalue weighted by molar-refractivity contribution is -0.138. The van der Waals surface area contributed by atoms with E-state index in [9.17, 15) is 26.3 Å². The van der Waals surface area contributed by atoms with Crippen molar-refractivity contribution in [1.82, 2.24) is 15.0 Å². The maximum absolute atomic E-state index is 14.3. The molecule has 0 amide bonds. The molecule has 0 saturated heterocycles. The molecule has 4 nitrogen and oxygen atoms in total. The molecule has 0 bridgehead atoms. The van der Waals surface area contributed by atoms with Crippen molar-refractivity contribution in [3.8, 4) is 22.6 Å². The fourth-order valence-electron chi connectivity index (χ4n) is 2.44. The van der Waals surface area contributed by atoms with Gasteiger partial charge in [0.2, 0.25) is 0 Å². The summed E-state index contributed by atoms with van der Waals surface area (Å²) in [5, 5.41) is 1.51. The highest BCUT2D eigenvalue weighted by molar-refractivity contribution is 6.32. The topological polar surface area (TPSA) is 50.7 Å². The number of hydrogen-bond donors (Lipinski definition) is 1. The van der Waals surface area contributed by atoms with E-state index in [1.165, 1.54) is 12.3 Å². The van der Waals surface area contributed by atoms with E-state index >= 15 is 0 Å². The van der Waals surface area contributed by atoms with Gasteiger partial charge in [-0.2, -0.15) is 13.2 Å². The van der Waals surface area contributed by atoms with Crippen molar-refractivity contribution in [2.45, 2.75) is 19.1 Å². The molecular formula is C18H11ClF6N4. The zero-order valence-corrected chi connectivity index (χ0v) is 15.3. The minimum atomic E-state index is -4.69. The molecule has 3 rings (SSSR count). The van der Waals surface area contributed by atoms with Crippen LogP contribution in [-0.2, 0) is 0 Å². The van der Waals surface area contributed by atoms with Crippen molar-refractivity contribution in [1.29, 1.82) is 0 Å². The average Bonchev–Trinajstić information content (AvgIpc) is 2.62. The van der Waals surface area contributed by atoms with Gasteiger partial charge in [0.1, 0.15) is 40.2 Å². The van der Waals surface area contributed by atoms with Crippen LogP contribution in [0.4, 0.5) is 32.2 Å². The van der Waals surface area contributed by atoms with Crippen molar-refractivity contribution < 1.29 is 26.3 Å². The number of aromatic nitrogens is 3. The van der Waals surface area contributed by atoms with Gasteiger partial charge in [-0.05, 0) is 19.1 Å². The molecule has 1 atom stereocenters. The predicted molar refractivity (Wildman–Crippen MR) is 94.7 cm³/mol. The van der Waals surface area contributed by atoms with E-state index in [1.54, 1.807) is 12.1 Å². The van der Waals surface area contributed by atoms with E-state index in [-0.39, 0.29) is 11.5 Å². The summed E-state index contributed by atoms with van der Waals surface area (Å²) in [4.78, 5) is 11.8. The predicted octanol–water partition coefficient (Wildman–Crippen LogP) is 5.64. The minimum Gasteiger partial charge on any atom is -0.358 e. The Bertz CT molecular complexity index is 1020. The molecule has 2 aromatic heterocycles. The molecule has 0 fully saturated rings. The highest BCUT2D eigenvalue weighted by Gasteiger charge is 2.37. The van der Waals surface area contributed by atoms with E-state index in [0.29, 0.717) is 12.1 Å². The number of alkyl halides is 3. The largest absolute Gasteiger partial charge is 0.408 e. The lowest BCUT2D eigenvalue weighted by atomic mass is 10.1. The number of halogens is 7. The van der Waals surface area contributed by atoms with E-state index in [2.05, 4.69) is 20.3 Å². The van der Waals surface area contributed by atoms with Crippen LogP contribution in [-0.4, -0.2) is 27.2 Å². The second kappa shape index (κ2) is 7.86. The summed E-state index contributed by atoms with van der Waals surface area (Å²) >= 11 is 6.07. The highest BCUT2D eigenvalue weighted by atomic mass is 35.5. The standard InChI is InChI=1S/C18H11ClF6N4/c1-8(18(23,24)25)27-17-14(13-10(21)6-9(20)7-11(13)22)15(19)28-16(29-17)12-4-2-3-5-26-12/h2-8H,1H3,(H,27,28,29). The van der Waals surface area contributed by atoms with E-state index in [0.717, 1.165) is 6.92 Å². The third kappa shape index (κ3) is 4.42. The fraction of sp³-hybridized carbons (Fsp3) is 0.167. The molecule has 3 aromatic rings. The monoisotopic (exact) mass is 432 g/mol. The normalized spacial score (nSPS) is 12.7. The van der Waals surface area contributed by atoms with Crippen LogP contribution in [0.1, 0.15) is 6.92 Å². The lowest BCUT2D eigenvalue weighted by Gasteiger charge is -2.21. The zero-order valence-electron chi connectivity index (χ0n) is 14.5. The summed E-state index contributed by atoms with van der Waals surface area (Å²) in [6, 6.07) is 3.25. The fourth-order valence-corrected chi connectivity index (χ4v) is 2.70. The Morgan fingerprint density at radius 3 is 2.21 bits per heavy atom. The molecular weight excluding hydrogens is 422 g/mol. The number of nitrogens with one attached hydrogen (secondary N) is 1. The number of rotatable bonds is 4. The number of nitrogens with zero attached hydrogens (tertiary/aromatic N) is 3. The van der Waals surface area contributed by atoms with Gasteiger partial charge in [-0.1, -0.05) is 17.7 Å². The quantitative estimate of drug-likeness (QED) is 0.428. The first-order chi connectivity index (χ1) is 13.6. The van der Waals surface area contributed by atoms with E-state index in [1.807, 2.05) is 0 Å². The van der Waals surface area contributed by atoms with Gasteiger partial charge in [-0.3, -0.25) is 4.98 Å². The Labute approximate surface area is 165 Å². The summed E-state index contributed by atoms with van der Waals surface area (Å²) < 4.78 is 81.0. The Kier molecular flexibility index (Phi) is 5.65. The van der Waals surface area contributed by atoms with Crippen molar-refractivity contribution >= 4 is 17.4 Å². The van der Waals surface area contributed by atoms with Crippen molar-refractivity contribution in [3.05, 3.63) is 59.1 Å². The van der Waals surface area contributed by atoms with Crippen molar-refractivity contribution in [3.63, 3.8) is 0 Å². The Hall–Kier alpha value is -2.88. The van der Waals surface area contributed by atoms with E-state index < -0.39 is 51.8 Å². The smallest absolute Gasteiger partial charge is 0.358 e. The number of pyridine rings is 1. The van der Waals surface area contributed by atoms with Crippen molar-refractivity contribution in [2.75, 3.05) is 5.32 Å². The summed E-state index contributed by atoms with van der Waals surface area (Å²) in [7, 11) is 0. The lowest BCUT2D eigenvalue weighted by Crippen LogP contribution is -2.33. The van der Waals surface area contributed by atoms with Crippen LogP contribution >= 0.6 is 11.6 Å². The summed E-state index contributed by atoms with van der Waals surface area (Å²) in [6.45, 7) is 0.789. The van der Waals surface area contributed by atoms with Gasteiger partial charge in [0.05, 0.1) is 11.1 Å². The van der Waals surface area contributed by atoms with E-state index in [4.69, 9.17) is 11.6 Å². The van der Waals surface area contributed by atoms with Crippen LogP contribution in [0, 0.1) is 17.5 Å². The van der Waals surface area contributed by atoms with Gasteiger partial charge in [-0.15, -0.1) is 0 Å². The SMILES string of the molecule is CC(Nc1nc(-c2ccccn2)nc(Cl)c1-c1c(F)cc(F)cc1F)C(F)(F)F. The molecule has 0 spiro atoms. The molecule has 11 heteroatoms. The first kappa shape index (κ1) is 20.8. The van der Waals surface area contributed by atoms with Crippen LogP contribution in [0.25, 0.3) is 22.6 Å². The second-order valence-electron chi connectivity index (χ2n) is 5.93. The molecule has 1 aromatic carbocycles. The maximum atomic E-state index is 14.3. The zero-order chi connectivity index (χ0) is 21.3.